The zero-order valence-corrected chi connectivity index (χ0v) is 11.6. The Bertz CT molecular complexity index is 349. The highest BCUT2D eigenvalue weighted by molar-refractivity contribution is 5.01. The van der Waals surface area contributed by atoms with Gasteiger partial charge in [-0.15, -0.1) is 0 Å². The molecule has 0 aliphatic rings. The Balaban J connectivity index is 2.84. The van der Waals surface area contributed by atoms with Crippen LogP contribution in [-0.4, -0.2) is 29.8 Å². The normalized spacial score (nSPS) is 15.9. The lowest BCUT2D eigenvalue weighted by Gasteiger charge is -2.20. The van der Waals surface area contributed by atoms with Crippen LogP contribution in [0.15, 0.2) is 4.52 Å². The van der Waals surface area contributed by atoms with E-state index in [2.05, 4.69) is 29.3 Å². The van der Waals surface area contributed by atoms with Gasteiger partial charge in [0.15, 0.2) is 0 Å². The first-order valence-electron chi connectivity index (χ1n) is 6.07. The van der Waals surface area contributed by atoms with Crippen molar-refractivity contribution in [3.05, 3.63) is 11.7 Å². The van der Waals surface area contributed by atoms with Crippen molar-refractivity contribution in [2.45, 2.75) is 52.2 Å². The maximum absolute atomic E-state index is 5.59. The Hall–Kier alpha value is -0.940. The van der Waals surface area contributed by atoms with Crippen LogP contribution in [0.25, 0.3) is 0 Å². The number of aromatic nitrogens is 2. The Kier molecular flexibility index (Phi) is 4.65. The predicted molar refractivity (Wildman–Crippen MR) is 65.9 cm³/mol. The van der Waals surface area contributed by atoms with E-state index in [1.807, 2.05) is 27.8 Å². The lowest BCUT2D eigenvalue weighted by molar-refractivity contribution is -0.0221. The predicted octanol–water partition coefficient (Wildman–Crippen LogP) is 2.05. The van der Waals surface area contributed by atoms with Crippen molar-refractivity contribution in [1.82, 2.24) is 15.5 Å². The van der Waals surface area contributed by atoms with E-state index in [4.69, 9.17) is 9.26 Å². The summed E-state index contributed by atoms with van der Waals surface area (Å²) in [6.07, 6.45) is 0. The van der Waals surface area contributed by atoms with Gasteiger partial charge in [-0.05, 0) is 34.7 Å². The summed E-state index contributed by atoms with van der Waals surface area (Å²) < 4.78 is 10.9. The molecule has 5 heteroatoms. The fraction of sp³-hybridized carbons (Fsp3) is 0.833. The first kappa shape index (κ1) is 14.1. The Morgan fingerprint density at radius 1 is 1.41 bits per heavy atom. The average Bonchev–Trinajstić information content (AvgIpc) is 2.76. The maximum Gasteiger partial charge on any atom is 0.231 e. The maximum atomic E-state index is 5.59. The molecule has 0 saturated carbocycles. The molecular weight excluding hydrogens is 218 g/mol. The Morgan fingerprint density at radius 3 is 2.59 bits per heavy atom. The zero-order chi connectivity index (χ0) is 13.1. The number of hydrogen-bond acceptors (Lipinski definition) is 5. The van der Waals surface area contributed by atoms with Gasteiger partial charge in [-0.25, -0.2) is 0 Å². The summed E-state index contributed by atoms with van der Waals surface area (Å²) in [5.74, 6) is 1.43. The number of likely N-dealkylation sites (N-methyl/N-ethyl adjacent to an activating group) is 1. The van der Waals surface area contributed by atoms with Gasteiger partial charge in [0.1, 0.15) is 5.60 Å². The smallest absolute Gasteiger partial charge is 0.231 e. The summed E-state index contributed by atoms with van der Waals surface area (Å²) in [6, 6.07) is 0.290. The number of rotatable bonds is 6. The van der Waals surface area contributed by atoms with Crippen LogP contribution < -0.4 is 5.32 Å². The van der Waals surface area contributed by atoms with E-state index < -0.39 is 5.60 Å². The Labute approximate surface area is 103 Å². The summed E-state index contributed by atoms with van der Waals surface area (Å²) in [5.41, 5.74) is -0.501. The molecule has 0 aliphatic heterocycles. The molecule has 1 aromatic heterocycles. The molecular formula is C12H23N3O2. The lowest BCUT2D eigenvalue weighted by atomic mass is 10.0. The van der Waals surface area contributed by atoms with Crippen molar-refractivity contribution in [2.24, 2.45) is 0 Å². The van der Waals surface area contributed by atoms with Gasteiger partial charge >= 0.3 is 0 Å². The molecule has 0 amide bonds. The third-order valence-corrected chi connectivity index (χ3v) is 3.08. The second-order valence-corrected chi connectivity index (χ2v) is 4.77. The molecule has 5 nitrogen and oxygen atoms in total. The number of hydrogen-bond donors (Lipinski definition) is 1. The van der Waals surface area contributed by atoms with Crippen LogP contribution in [0, 0.1) is 0 Å². The monoisotopic (exact) mass is 241 g/mol. The van der Waals surface area contributed by atoms with Crippen molar-refractivity contribution in [3.63, 3.8) is 0 Å². The topological polar surface area (TPSA) is 60.2 Å². The molecule has 1 heterocycles. The minimum atomic E-state index is -0.501. The van der Waals surface area contributed by atoms with Crippen LogP contribution in [0.3, 0.4) is 0 Å². The third kappa shape index (κ3) is 3.26. The Morgan fingerprint density at radius 2 is 2.06 bits per heavy atom. The van der Waals surface area contributed by atoms with Crippen LogP contribution in [-0.2, 0) is 10.3 Å². The second kappa shape index (κ2) is 5.60. The van der Waals surface area contributed by atoms with E-state index in [0.29, 0.717) is 24.4 Å². The van der Waals surface area contributed by atoms with E-state index >= 15 is 0 Å². The van der Waals surface area contributed by atoms with E-state index in [9.17, 15) is 0 Å². The fourth-order valence-electron chi connectivity index (χ4n) is 1.55. The van der Waals surface area contributed by atoms with Gasteiger partial charge in [0.05, 0.1) is 5.92 Å². The molecule has 0 bridgehead atoms. The van der Waals surface area contributed by atoms with Gasteiger partial charge in [-0.2, -0.15) is 4.98 Å². The molecule has 0 fully saturated rings. The summed E-state index contributed by atoms with van der Waals surface area (Å²) in [5, 5.41) is 7.18. The van der Waals surface area contributed by atoms with Crippen LogP contribution in [0.1, 0.15) is 52.3 Å². The molecule has 0 spiro atoms. The van der Waals surface area contributed by atoms with E-state index in [1.54, 1.807) is 0 Å². The molecule has 1 N–H and O–H groups in total. The fourth-order valence-corrected chi connectivity index (χ4v) is 1.55. The molecule has 1 aromatic rings. The van der Waals surface area contributed by atoms with E-state index in [1.165, 1.54) is 0 Å². The number of ether oxygens (including phenoxy) is 1. The van der Waals surface area contributed by atoms with Crippen LogP contribution >= 0.6 is 0 Å². The van der Waals surface area contributed by atoms with Gasteiger partial charge in [-0.3, -0.25) is 0 Å². The van der Waals surface area contributed by atoms with Gasteiger partial charge in [0.2, 0.25) is 11.7 Å². The SMILES string of the molecule is CCOC(C)(C)c1noc(C(C)C(C)NC)n1. The highest BCUT2D eigenvalue weighted by Crippen LogP contribution is 2.24. The average molecular weight is 241 g/mol. The number of nitrogens with zero attached hydrogens (tertiary/aromatic N) is 2. The van der Waals surface area contributed by atoms with Gasteiger partial charge < -0.3 is 14.6 Å². The molecule has 1 rings (SSSR count). The van der Waals surface area contributed by atoms with Crippen molar-refractivity contribution in [1.29, 1.82) is 0 Å². The van der Waals surface area contributed by atoms with Crippen molar-refractivity contribution in [3.8, 4) is 0 Å². The molecule has 0 saturated heterocycles. The largest absolute Gasteiger partial charge is 0.368 e. The minimum absolute atomic E-state index is 0.179. The molecule has 2 atom stereocenters. The van der Waals surface area contributed by atoms with Gasteiger partial charge in [-0.1, -0.05) is 12.1 Å². The van der Waals surface area contributed by atoms with Gasteiger partial charge in [0.25, 0.3) is 0 Å². The van der Waals surface area contributed by atoms with Crippen LogP contribution in [0.5, 0.6) is 0 Å². The molecule has 2 unspecified atom stereocenters. The van der Waals surface area contributed by atoms with Crippen molar-refractivity contribution < 1.29 is 9.26 Å². The zero-order valence-electron chi connectivity index (χ0n) is 11.6. The lowest BCUT2D eigenvalue weighted by Crippen LogP contribution is -2.27. The van der Waals surface area contributed by atoms with Gasteiger partial charge in [0, 0.05) is 12.6 Å². The highest BCUT2D eigenvalue weighted by atomic mass is 16.5. The quantitative estimate of drug-likeness (QED) is 0.826. The minimum Gasteiger partial charge on any atom is -0.368 e. The summed E-state index contributed by atoms with van der Waals surface area (Å²) in [4.78, 5) is 4.43. The summed E-state index contributed by atoms with van der Waals surface area (Å²) >= 11 is 0. The molecule has 0 radical (unpaired) electrons. The summed E-state index contributed by atoms with van der Waals surface area (Å²) in [7, 11) is 1.92. The summed E-state index contributed by atoms with van der Waals surface area (Å²) in [6.45, 7) is 10.6. The second-order valence-electron chi connectivity index (χ2n) is 4.77. The third-order valence-electron chi connectivity index (χ3n) is 3.08. The first-order valence-corrected chi connectivity index (χ1v) is 6.07. The van der Waals surface area contributed by atoms with Crippen LogP contribution in [0.4, 0.5) is 0 Å². The molecule has 0 aliphatic carbocycles. The molecule has 0 aromatic carbocycles. The molecule has 17 heavy (non-hydrogen) atoms. The standard InChI is InChI=1S/C12H23N3O2/c1-7-16-12(4,5)11-14-10(17-15-11)8(2)9(3)13-6/h8-9,13H,7H2,1-6H3. The van der Waals surface area contributed by atoms with Crippen molar-refractivity contribution >= 4 is 0 Å². The molecule has 98 valence electrons. The van der Waals surface area contributed by atoms with E-state index in [0.717, 1.165) is 0 Å². The first-order chi connectivity index (χ1) is 7.92. The number of nitrogens with one attached hydrogen (secondary N) is 1. The van der Waals surface area contributed by atoms with E-state index in [-0.39, 0.29) is 5.92 Å². The van der Waals surface area contributed by atoms with Crippen molar-refractivity contribution in [2.75, 3.05) is 13.7 Å². The van der Waals surface area contributed by atoms with Crippen LogP contribution in [0.2, 0.25) is 0 Å². The highest BCUT2D eigenvalue weighted by Gasteiger charge is 2.29.